The van der Waals surface area contributed by atoms with Gasteiger partial charge in [0.2, 0.25) is 5.91 Å². The van der Waals surface area contributed by atoms with Crippen LogP contribution in [0.5, 0.6) is 0 Å². The number of hydrogen-bond donors (Lipinski definition) is 1. The standard InChI is InChI=1S/C17H28N2O3/c1-15(2)16(3)4-5-17(15,12-13(16)21)14(22)19-8-6-18(7-9-19)10-11-20/h20H,4-12H2,1-3H3/t16-,17+/m0/s1. The van der Waals surface area contributed by atoms with E-state index in [0.29, 0.717) is 26.1 Å². The molecule has 5 nitrogen and oxygen atoms in total. The highest BCUT2D eigenvalue weighted by atomic mass is 16.3. The van der Waals surface area contributed by atoms with E-state index in [1.54, 1.807) is 0 Å². The first-order valence-electron chi connectivity index (χ1n) is 8.44. The highest BCUT2D eigenvalue weighted by molar-refractivity contribution is 5.99. The molecule has 1 heterocycles. The van der Waals surface area contributed by atoms with Crippen LogP contribution in [0.1, 0.15) is 40.0 Å². The minimum Gasteiger partial charge on any atom is -0.395 e. The molecule has 0 spiro atoms. The van der Waals surface area contributed by atoms with Gasteiger partial charge in [0.05, 0.1) is 12.0 Å². The Kier molecular flexibility index (Phi) is 3.64. The first-order chi connectivity index (χ1) is 10.3. The number of β-amino-alcohol motifs (C(OH)–C–C–N with tert-alkyl or cyclic N) is 1. The van der Waals surface area contributed by atoms with Gasteiger partial charge >= 0.3 is 0 Å². The van der Waals surface area contributed by atoms with E-state index in [-0.39, 0.29) is 29.1 Å². The number of amides is 1. The molecule has 22 heavy (non-hydrogen) atoms. The van der Waals surface area contributed by atoms with Gasteiger partial charge in [-0.2, -0.15) is 0 Å². The van der Waals surface area contributed by atoms with E-state index < -0.39 is 5.41 Å². The molecular weight excluding hydrogens is 280 g/mol. The Morgan fingerprint density at radius 2 is 1.77 bits per heavy atom. The second-order valence-corrected chi connectivity index (χ2v) is 8.00. The predicted octanol–water partition coefficient (Wildman–Crippen LogP) is 0.908. The third-order valence-electron chi connectivity index (χ3n) is 7.19. The van der Waals surface area contributed by atoms with Crippen molar-refractivity contribution in [1.82, 2.24) is 9.80 Å². The molecule has 0 aromatic rings. The van der Waals surface area contributed by atoms with Gasteiger partial charge in [0.15, 0.2) is 0 Å². The molecule has 2 bridgehead atoms. The Balaban J connectivity index is 1.77. The topological polar surface area (TPSA) is 60.9 Å². The first-order valence-corrected chi connectivity index (χ1v) is 8.44. The van der Waals surface area contributed by atoms with Crippen LogP contribution in [0.4, 0.5) is 0 Å². The van der Waals surface area contributed by atoms with Crippen molar-refractivity contribution in [1.29, 1.82) is 0 Å². The highest BCUT2D eigenvalue weighted by Gasteiger charge is 2.73. The van der Waals surface area contributed by atoms with E-state index in [0.717, 1.165) is 25.9 Å². The van der Waals surface area contributed by atoms with Gasteiger partial charge in [-0.1, -0.05) is 20.8 Å². The number of hydrogen-bond acceptors (Lipinski definition) is 4. The van der Waals surface area contributed by atoms with Gasteiger partial charge < -0.3 is 10.0 Å². The number of rotatable bonds is 3. The molecule has 0 aromatic carbocycles. The number of Topliss-reactive ketones (excluding diaryl/α,β-unsaturated/α-hetero) is 1. The highest BCUT2D eigenvalue weighted by Crippen LogP contribution is 2.71. The molecule has 2 saturated carbocycles. The zero-order valence-corrected chi connectivity index (χ0v) is 14.0. The SMILES string of the molecule is CC1(C)[C@]2(C(=O)N3CCN(CCO)CC3)CC[C@@]1(C)C(=O)C2. The third-order valence-corrected chi connectivity index (χ3v) is 7.19. The van der Waals surface area contributed by atoms with Crippen molar-refractivity contribution in [2.75, 3.05) is 39.3 Å². The lowest BCUT2D eigenvalue weighted by Crippen LogP contribution is -2.55. The van der Waals surface area contributed by atoms with Gasteiger partial charge in [-0.25, -0.2) is 0 Å². The molecule has 1 saturated heterocycles. The summed E-state index contributed by atoms with van der Waals surface area (Å²) in [5.74, 6) is 0.465. The Hall–Kier alpha value is -0.940. The number of aliphatic hydroxyl groups is 1. The number of piperazine rings is 1. The maximum Gasteiger partial charge on any atom is 0.229 e. The molecule has 3 fully saturated rings. The fourth-order valence-corrected chi connectivity index (χ4v) is 4.95. The molecule has 0 radical (unpaired) electrons. The van der Waals surface area contributed by atoms with Crippen LogP contribution in [0.15, 0.2) is 0 Å². The molecule has 1 amide bonds. The van der Waals surface area contributed by atoms with Crippen molar-refractivity contribution in [3.63, 3.8) is 0 Å². The number of aliphatic hydroxyl groups excluding tert-OH is 1. The van der Waals surface area contributed by atoms with Crippen molar-refractivity contribution in [3.8, 4) is 0 Å². The summed E-state index contributed by atoms with van der Waals surface area (Å²) in [4.78, 5) is 29.9. The number of fused-ring (bicyclic) bond motifs is 2. The van der Waals surface area contributed by atoms with Crippen molar-refractivity contribution in [2.45, 2.75) is 40.0 Å². The van der Waals surface area contributed by atoms with E-state index in [9.17, 15) is 9.59 Å². The van der Waals surface area contributed by atoms with Crippen LogP contribution >= 0.6 is 0 Å². The normalized spacial score (nSPS) is 37.8. The van der Waals surface area contributed by atoms with Crippen molar-refractivity contribution in [2.24, 2.45) is 16.2 Å². The Labute approximate surface area is 132 Å². The molecule has 1 aliphatic heterocycles. The fourth-order valence-electron chi connectivity index (χ4n) is 4.95. The molecule has 1 N–H and O–H groups in total. The second kappa shape index (κ2) is 5.03. The van der Waals surface area contributed by atoms with E-state index in [2.05, 4.69) is 25.7 Å². The molecule has 124 valence electrons. The predicted molar refractivity (Wildman–Crippen MR) is 83.3 cm³/mol. The lowest BCUT2D eigenvalue weighted by molar-refractivity contribution is -0.149. The lowest BCUT2D eigenvalue weighted by atomic mass is 9.64. The molecule has 0 unspecified atom stereocenters. The quantitative estimate of drug-likeness (QED) is 0.842. The van der Waals surface area contributed by atoms with Gasteiger partial charge in [0.25, 0.3) is 0 Å². The third kappa shape index (κ3) is 1.84. The van der Waals surface area contributed by atoms with Crippen LogP contribution in [-0.2, 0) is 9.59 Å². The minimum absolute atomic E-state index is 0.164. The summed E-state index contributed by atoms with van der Waals surface area (Å²) >= 11 is 0. The minimum atomic E-state index is -0.488. The second-order valence-electron chi connectivity index (χ2n) is 8.00. The molecule has 3 rings (SSSR count). The molecule has 0 aromatic heterocycles. The van der Waals surface area contributed by atoms with Crippen LogP contribution in [0, 0.1) is 16.2 Å². The largest absolute Gasteiger partial charge is 0.395 e. The maximum absolute atomic E-state index is 13.3. The summed E-state index contributed by atoms with van der Waals surface area (Å²) in [6.07, 6.45) is 2.11. The van der Waals surface area contributed by atoms with Gasteiger partial charge in [0.1, 0.15) is 5.78 Å². The number of nitrogens with zero attached hydrogens (tertiary/aromatic N) is 2. The van der Waals surface area contributed by atoms with Gasteiger partial charge in [-0.15, -0.1) is 0 Å². The Bertz CT molecular complexity index is 496. The molecule has 2 aliphatic carbocycles. The lowest BCUT2D eigenvalue weighted by Gasteiger charge is -2.44. The van der Waals surface area contributed by atoms with Crippen molar-refractivity contribution < 1.29 is 14.7 Å². The van der Waals surface area contributed by atoms with Crippen molar-refractivity contribution in [3.05, 3.63) is 0 Å². The summed E-state index contributed by atoms with van der Waals surface area (Å²) < 4.78 is 0. The average molecular weight is 308 g/mol. The monoisotopic (exact) mass is 308 g/mol. The molecule has 2 atom stereocenters. The number of carbonyl (C=O) groups is 2. The van der Waals surface area contributed by atoms with Crippen LogP contribution in [-0.4, -0.2) is 65.9 Å². The van der Waals surface area contributed by atoms with Crippen LogP contribution < -0.4 is 0 Å². The van der Waals surface area contributed by atoms with E-state index >= 15 is 0 Å². The summed E-state index contributed by atoms with van der Waals surface area (Å²) in [6.45, 7) is 10.2. The molecular formula is C17H28N2O3. The van der Waals surface area contributed by atoms with Gasteiger partial charge in [0, 0.05) is 44.6 Å². The van der Waals surface area contributed by atoms with E-state index in [1.807, 2.05) is 4.90 Å². The van der Waals surface area contributed by atoms with Crippen LogP contribution in [0.2, 0.25) is 0 Å². The number of carbonyl (C=O) groups excluding carboxylic acids is 2. The summed E-state index contributed by atoms with van der Waals surface area (Å²) in [6, 6.07) is 0. The van der Waals surface area contributed by atoms with E-state index in [1.165, 1.54) is 0 Å². The summed E-state index contributed by atoms with van der Waals surface area (Å²) in [5.41, 5.74) is -1.07. The maximum atomic E-state index is 13.3. The van der Waals surface area contributed by atoms with Crippen LogP contribution in [0.3, 0.4) is 0 Å². The zero-order valence-electron chi connectivity index (χ0n) is 14.0. The van der Waals surface area contributed by atoms with Gasteiger partial charge in [-0.05, 0) is 18.3 Å². The van der Waals surface area contributed by atoms with Crippen LogP contribution in [0.25, 0.3) is 0 Å². The van der Waals surface area contributed by atoms with Crippen molar-refractivity contribution >= 4 is 11.7 Å². The molecule has 5 heteroatoms. The summed E-state index contributed by atoms with van der Waals surface area (Å²) in [7, 11) is 0. The van der Waals surface area contributed by atoms with E-state index in [4.69, 9.17) is 5.11 Å². The first kappa shape index (κ1) is 15.9. The Morgan fingerprint density at radius 1 is 1.14 bits per heavy atom. The zero-order chi connectivity index (χ0) is 16.2. The smallest absolute Gasteiger partial charge is 0.229 e. The number of ketones is 1. The molecule has 3 aliphatic rings. The fraction of sp³-hybridized carbons (Fsp3) is 0.882. The summed E-state index contributed by atoms with van der Waals surface area (Å²) in [5, 5.41) is 9.02. The average Bonchev–Trinajstić information content (AvgIpc) is 2.78. The van der Waals surface area contributed by atoms with Gasteiger partial charge in [-0.3, -0.25) is 14.5 Å². The Morgan fingerprint density at radius 3 is 2.23 bits per heavy atom.